The van der Waals surface area contributed by atoms with Crippen LogP contribution in [-0.2, 0) is 19.6 Å². The molecule has 0 heterocycles. The van der Waals surface area contributed by atoms with E-state index in [0.717, 1.165) is 35.6 Å². The lowest BCUT2D eigenvalue weighted by atomic mass is 9.80. The van der Waals surface area contributed by atoms with Crippen molar-refractivity contribution in [3.8, 4) is 5.75 Å². The molecule has 10 heteroatoms. The van der Waals surface area contributed by atoms with E-state index in [9.17, 15) is 23.1 Å². The summed E-state index contributed by atoms with van der Waals surface area (Å²) in [5, 5.41) is 16.8. The molecule has 0 aromatic heterocycles. The summed E-state index contributed by atoms with van der Waals surface area (Å²) >= 11 is 6.08. The van der Waals surface area contributed by atoms with E-state index in [1.165, 1.54) is 26.2 Å². The number of phenols is 1. The molecule has 2 aliphatic carbocycles. The number of phenolic OH excluding ortho intramolecular Hbond substituents is 1. The van der Waals surface area contributed by atoms with E-state index >= 15 is 0 Å². The maximum Gasteiger partial charge on any atom is 0.247 e. The van der Waals surface area contributed by atoms with Crippen molar-refractivity contribution in [2.75, 3.05) is 19.4 Å². The van der Waals surface area contributed by atoms with Crippen LogP contribution >= 0.6 is 11.6 Å². The number of ketones is 2. The highest BCUT2D eigenvalue weighted by atomic mass is 35.5. The minimum atomic E-state index is -4.05. The van der Waals surface area contributed by atoms with Crippen LogP contribution in [0.3, 0.4) is 0 Å². The zero-order valence-corrected chi connectivity index (χ0v) is 20.6. The number of Topliss-reactive ketones (excluding diaryl/α,β-unsaturated/α-hetero) is 2. The minimum Gasteiger partial charge on any atom is -0.504 e. The van der Waals surface area contributed by atoms with Crippen LogP contribution in [0.5, 0.6) is 5.75 Å². The lowest BCUT2D eigenvalue weighted by Crippen LogP contribution is -2.67. The topological polar surface area (TPSA) is 116 Å². The third kappa shape index (κ3) is 4.45. The molecule has 4 rings (SSSR count). The Kier molecular flexibility index (Phi) is 7.00. The van der Waals surface area contributed by atoms with Crippen LogP contribution in [0.2, 0.25) is 5.02 Å². The van der Waals surface area contributed by atoms with E-state index in [1.807, 2.05) is 30.3 Å². The summed E-state index contributed by atoms with van der Waals surface area (Å²) in [5.41, 5.74) is 1.06. The predicted octanol–water partition coefficient (Wildman–Crippen LogP) is 3.12. The SMILES string of the molecule is CN(C)S(=O)(=O)c1c(Cl)ccc(NC2C(=O)C(=O)C2N[C@@H](c2ccccc2)C2CCCC2)c1O. The quantitative estimate of drug-likeness (QED) is 0.373. The molecular formula is C24H28ClN3O5S. The number of aromatic hydroxyl groups is 1. The molecule has 3 N–H and O–H groups in total. The number of sulfonamides is 1. The summed E-state index contributed by atoms with van der Waals surface area (Å²) in [7, 11) is -1.39. The normalized spacial score (nSPS) is 22.1. The highest BCUT2D eigenvalue weighted by molar-refractivity contribution is 7.89. The highest BCUT2D eigenvalue weighted by Gasteiger charge is 2.51. The van der Waals surface area contributed by atoms with Gasteiger partial charge in [-0.1, -0.05) is 54.8 Å². The zero-order valence-electron chi connectivity index (χ0n) is 19.0. The van der Waals surface area contributed by atoms with Gasteiger partial charge in [0.1, 0.15) is 17.0 Å². The smallest absolute Gasteiger partial charge is 0.247 e. The second-order valence-corrected chi connectivity index (χ2v) is 11.5. The number of hydrogen-bond acceptors (Lipinski definition) is 7. The van der Waals surface area contributed by atoms with Gasteiger partial charge in [-0.25, -0.2) is 12.7 Å². The van der Waals surface area contributed by atoms with Crippen molar-refractivity contribution in [1.29, 1.82) is 0 Å². The van der Waals surface area contributed by atoms with Gasteiger partial charge in [-0.2, -0.15) is 0 Å². The van der Waals surface area contributed by atoms with Gasteiger partial charge >= 0.3 is 0 Å². The molecule has 3 atom stereocenters. The third-order valence-electron chi connectivity index (χ3n) is 6.66. The van der Waals surface area contributed by atoms with E-state index in [1.54, 1.807) is 0 Å². The average molecular weight is 506 g/mol. The van der Waals surface area contributed by atoms with Gasteiger partial charge in [0, 0.05) is 20.1 Å². The molecule has 2 saturated carbocycles. The van der Waals surface area contributed by atoms with Crippen molar-refractivity contribution >= 4 is 38.9 Å². The highest BCUT2D eigenvalue weighted by Crippen LogP contribution is 2.40. The Balaban J connectivity index is 1.62. The standard InChI is InChI=1S/C24H28ClN3O5S/c1-28(2)34(32,33)24-16(25)12-13-17(21(24)29)26-19-20(23(31)22(19)30)27-18(15-10-6-7-11-15)14-8-4-3-5-9-14/h3-5,8-9,12-13,15,18-20,26-27,29H,6-7,10-11H2,1-2H3/t18-,19?,20?/m0/s1. The fraction of sp³-hybridized carbons (Fsp3) is 0.417. The molecule has 0 radical (unpaired) electrons. The Morgan fingerprint density at radius 2 is 1.62 bits per heavy atom. The van der Waals surface area contributed by atoms with Gasteiger partial charge in [0.05, 0.1) is 10.7 Å². The van der Waals surface area contributed by atoms with Crippen molar-refractivity contribution in [2.24, 2.45) is 5.92 Å². The molecule has 34 heavy (non-hydrogen) atoms. The van der Waals surface area contributed by atoms with Crippen molar-refractivity contribution in [3.63, 3.8) is 0 Å². The van der Waals surface area contributed by atoms with Gasteiger partial charge in [-0.05, 0) is 36.5 Å². The van der Waals surface area contributed by atoms with Crippen LogP contribution in [-0.4, -0.2) is 55.6 Å². The molecule has 182 valence electrons. The van der Waals surface area contributed by atoms with E-state index in [0.29, 0.717) is 5.92 Å². The Bertz CT molecular complexity index is 1200. The second kappa shape index (κ2) is 9.65. The first-order chi connectivity index (χ1) is 16.1. The summed E-state index contributed by atoms with van der Waals surface area (Å²) in [4.78, 5) is 24.6. The first kappa shape index (κ1) is 24.7. The fourth-order valence-electron chi connectivity index (χ4n) is 4.74. The van der Waals surface area contributed by atoms with Crippen LogP contribution in [0.25, 0.3) is 0 Å². The molecule has 0 amide bonds. The van der Waals surface area contributed by atoms with Gasteiger partial charge < -0.3 is 10.4 Å². The number of carbonyl (C=O) groups excluding carboxylic acids is 2. The van der Waals surface area contributed by atoms with Crippen LogP contribution in [0.1, 0.15) is 37.3 Å². The lowest BCUT2D eigenvalue weighted by molar-refractivity contribution is -0.146. The molecule has 2 aromatic carbocycles. The molecular weight excluding hydrogens is 478 g/mol. The summed E-state index contributed by atoms with van der Waals surface area (Å²) in [6, 6.07) is 10.7. The predicted molar refractivity (Wildman–Crippen MR) is 129 cm³/mol. The number of benzene rings is 2. The van der Waals surface area contributed by atoms with E-state index < -0.39 is 44.3 Å². The molecule has 0 saturated heterocycles. The molecule has 2 fully saturated rings. The molecule has 2 aliphatic rings. The summed E-state index contributed by atoms with van der Waals surface area (Å²) < 4.78 is 26.2. The number of nitrogens with one attached hydrogen (secondary N) is 2. The molecule has 0 spiro atoms. The Labute approximate surface area is 204 Å². The molecule has 2 unspecified atom stereocenters. The number of carbonyl (C=O) groups is 2. The van der Waals surface area contributed by atoms with E-state index in [4.69, 9.17) is 11.6 Å². The van der Waals surface area contributed by atoms with Crippen LogP contribution in [0.4, 0.5) is 5.69 Å². The van der Waals surface area contributed by atoms with Gasteiger partial charge in [0.2, 0.25) is 21.6 Å². The first-order valence-corrected chi connectivity index (χ1v) is 13.0. The van der Waals surface area contributed by atoms with Crippen molar-refractivity contribution < 1.29 is 23.1 Å². The summed E-state index contributed by atoms with van der Waals surface area (Å²) in [6.45, 7) is 0. The lowest BCUT2D eigenvalue weighted by Gasteiger charge is -2.39. The fourth-order valence-corrected chi connectivity index (χ4v) is 6.22. The third-order valence-corrected chi connectivity index (χ3v) is 8.98. The van der Waals surface area contributed by atoms with E-state index in [2.05, 4.69) is 10.6 Å². The molecule has 8 nitrogen and oxygen atoms in total. The van der Waals surface area contributed by atoms with E-state index in [-0.39, 0.29) is 16.8 Å². The Hall–Kier alpha value is -2.46. The van der Waals surface area contributed by atoms with Gasteiger partial charge in [0.15, 0.2) is 5.75 Å². The molecule has 0 bridgehead atoms. The van der Waals surface area contributed by atoms with Crippen molar-refractivity contribution in [3.05, 3.63) is 53.1 Å². The van der Waals surface area contributed by atoms with Crippen LogP contribution < -0.4 is 10.6 Å². The van der Waals surface area contributed by atoms with Crippen LogP contribution in [0.15, 0.2) is 47.4 Å². The monoisotopic (exact) mass is 505 g/mol. The maximum absolute atomic E-state index is 12.6. The summed E-state index contributed by atoms with van der Waals surface area (Å²) in [6.07, 6.45) is 4.31. The van der Waals surface area contributed by atoms with Gasteiger partial charge in [-0.15, -0.1) is 0 Å². The number of rotatable bonds is 8. The number of hydrogen-bond donors (Lipinski definition) is 3. The maximum atomic E-state index is 12.6. The van der Waals surface area contributed by atoms with Crippen LogP contribution in [0, 0.1) is 5.92 Å². The largest absolute Gasteiger partial charge is 0.504 e. The number of halogens is 1. The number of nitrogens with zero attached hydrogens (tertiary/aromatic N) is 1. The van der Waals surface area contributed by atoms with Crippen molar-refractivity contribution in [2.45, 2.75) is 48.7 Å². The molecule has 0 aliphatic heterocycles. The minimum absolute atomic E-state index is 0.0135. The number of anilines is 1. The first-order valence-electron chi connectivity index (χ1n) is 11.2. The summed E-state index contributed by atoms with van der Waals surface area (Å²) in [5.74, 6) is -1.41. The zero-order chi connectivity index (χ0) is 24.6. The second-order valence-electron chi connectivity index (χ2n) is 8.99. The van der Waals surface area contributed by atoms with Gasteiger partial charge in [0.25, 0.3) is 0 Å². The average Bonchev–Trinajstić information content (AvgIpc) is 3.34. The molecule has 2 aromatic rings. The Morgan fingerprint density at radius 3 is 2.24 bits per heavy atom. The Morgan fingerprint density at radius 1 is 1.00 bits per heavy atom. The van der Waals surface area contributed by atoms with Crippen molar-refractivity contribution in [1.82, 2.24) is 9.62 Å². The van der Waals surface area contributed by atoms with Gasteiger partial charge in [-0.3, -0.25) is 14.9 Å².